The molecule has 0 rings (SSSR count). The van der Waals surface area contributed by atoms with Crippen LogP contribution in [0, 0.1) is 0 Å². The zero-order valence-corrected chi connectivity index (χ0v) is 5.97. The maximum Gasteiger partial charge on any atom is 0.260 e. The van der Waals surface area contributed by atoms with Gasteiger partial charge >= 0.3 is 0 Å². The van der Waals surface area contributed by atoms with Crippen LogP contribution in [0.4, 0.5) is 0 Å². The Morgan fingerprint density at radius 3 is 2.56 bits per heavy atom. The second kappa shape index (κ2) is 4.29. The number of carbonyl (C=O) groups is 1. The standard InChI is InChI=1S/C5H12N2O2/c1-7(2)6-5(8)4-9-3/h4H2,1-3H3,(H,6,8). The van der Waals surface area contributed by atoms with Crippen LogP contribution in [-0.2, 0) is 9.53 Å². The number of nitrogens with one attached hydrogen (secondary N) is 1. The van der Waals surface area contributed by atoms with Crippen molar-refractivity contribution < 1.29 is 9.53 Å². The predicted octanol–water partition coefficient (Wildman–Crippen LogP) is -0.774. The Morgan fingerprint density at radius 1 is 1.67 bits per heavy atom. The minimum absolute atomic E-state index is 0.109. The number of hydrogen-bond acceptors (Lipinski definition) is 3. The van der Waals surface area contributed by atoms with Crippen molar-refractivity contribution in [1.29, 1.82) is 0 Å². The molecule has 0 aromatic heterocycles. The number of carbonyl (C=O) groups excluding carboxylic acids is 1. The Kier molecular flexibility index (Phi) is 4.00. The first-order valence-corrected chi connectivity index (χ1v) is 2.62. The number of ether oxygens (including phenoxy) is 1. The second-order valence-corrected chi connectivity index (χ2v) is 1.86. The van der Waals surface area contributed by atoms with Crippen molar-refractivity contribution in [3.63, 3.8) is 0 Å². The van der Waals surface area contributed by atoms with Crippen LogP contribution >= 0.6 is 0 Å². The molecule has 9 heavy (non-hydrogen) atoms. The maximum atomic E-state index is 10.6. The van der Waals surface area contributed by atoms with Crippen LogP contribution in [0.5, 0.6) is 0 Å². The van der Waals surface area contributed by atoms with Crippen LogP contribution in [-0.4, -0.2) is 38.7 Å². The fraction of sp³-hybridized carbons (Fsp3) is 0.800. The largest absolute Gasteiger partial charge is 0.375 e. The van der Waals surface area contributed by atoms with Crippen molar-refractivity contribution >= 4 is 5.91 Å². The van der Waals surface area contributed by atoms with E-state index in [0.29, 0.717) is 0 Å². The Bertz CT molecular complexity index is 93.0. The molecule has 0 fully saturated rings. The van der Waals surface area contributed by atoms with Crippen LogP contribution in [0.2, 0.25) is 0 Å². The van der Waals surface area contributed by atoms with Gasteiger partial charge in [0, 0.05) is 21.2 Å². The minimum atomic E-state index is -0.137. The van der Waals surface area contributed by atoms with Crippen molar-refractivity contribution in [3.05, 3.63) is 0 Å². The van der Waals surface area contributed by atoms with Crippen molar-refractivity contribution in [2.45, 2.75) is 0 Å². The Hall–Kier alpha value is -0.610. The van der Waals surface area contributed by atoms with Gasteiger partial charge in [-0.2, -0.15) is 0 Å². The van der Waals surface area contributed by atoms with Gasteiger partial charge in [0.2, 0.25) is 0 Å². The zero-order valence-electron chi connectivity index (χ0n) is 5.97. The molecule has 1 N–H and O–H groups in total. The monoisotopic (exact) mass is 132 g/mol. The summed E-state index contributed by atoms with van der Waals surface area (Å²) in [7, 11) is 4.97. The van der Waals surface area contributed by atoms with Crippen LogP contribution in [0.1, 0.15) is 0 Å². The molecule has 0 unspecified atom stereocenters. The number of rotatable bonds is 3. The van der Waals surface area contributed by atoms with Crippen molar-refractivity contribution in [3.8, 4) is 0 Å². The normalized spacial score (nSPS) is 9.78. The highest BCUT2D eigenvalue weighted by molar-refractivity contribution is 5.76. The van der Waals surface area contributed by atoms with E-state index in [-0.39, 0.29) is 12.5 Å². The molecule has 0 aromatic rings. The molecule has 0 radical (unpaired) electrons. The van der Waals surface area contributed by atoms with Gasteiger partial charge in [-0.25, -0.2) is 5.01 Å². The summed E-state index contributed by atoms with van der Waals surface area (Å²) < 4.78 is 4.57. The molecule has 0 aliphatic heterocycles. The van der Waals surface area contributed by atoms with E-state index in [1.807, 2.05) is 0 Å². The fourth-order valence-corrected chi connectivity index (χ4v) is 0.413. The maximum absolute atomic E-state index is 10.6. The van der Waals surface area contributed by atoms with E-state index in [4.69, 9.17) is 0 Å². The molecule has 0 heterocycles. The first-order valence-electron chi connectivity index (χ1n) is 2.62. The van der Waals surface area contributed by atoms with Gasteiger partial charge in [-0.15, -0.1) is 0 Å². The van der Waals surface area contributed by atoms with E-state index in [1.54, 1.807) is 19.1 Å². The van der Waals surface area contributed by atoms with Crippen molar-refractivity contribution in [1.82, 2.24) is 10.4 Å². The van der Waals surface area contributed by atoms with Crippen LogP contribution in [0.3, 0.4) is 0 Å². The number of hydrazine groups is 1. The van der Waals surface area contributed by atoms with E-state index >= 15 is 0 Å². The average molecular weight is 132 g/mol. The highest BCUT2D eigenvalue weighted by Gasteiger charge is 1.97. The highest BCUT2D eigenvalue weighted by atomic mass is 16.5. The van der Waals surface area contributed by atoms with Gasteiger partial charge in [-0.3, -0.25) is 10.2 Å². The fourth-order valence-electron chi connectivity index (χ4n) is 0.413. The first kappa shape index (κ1) is 8.39. The molecule has 0 bridgehead atoms. The Labute approximate surface area is 54.8 Å². The summed E-state index contributed by atoms with van der Waals surface area (Å²) in [4.78, 5) is 10.6. The van der Waals surface area contributed by atoms with Gasteiger partial charge in [0.1, 0.15) is 6.61 Å². The second-order valence-electron chi connectivity index (χ2n) is 1.86. The molecule has 0 aliphatic rings. The molecule has 4 nitrogen and oxygen atoms in total. The highest BCUT2D eigenvalue weighted by Crippen LogP contribution is 1.69. The molecule has 1 amide bonds. The summed E-state index contributed by atoms with van der Waals surface area (Å²) in [5.41, 5.74) is 2.51. The number of methoxy groups -OCH3 is 1. The third kappa shape index (κ3) is 5.26. The number of amides is 1. The lowest BCUT2D eigenvalue weighted by Gasteiger charge is -2.10. The summed E-state index contributed by atoms with van der Waals surface area (Å²) in [6.45, 7) is 0.109. The summed E-state index contributed by atoms with van der Waals surface area (Å²) in [6, 6.07) is 0. The molecule has 0 saturated heterocycles. The smallest absolute Gasteiger partial charge is 0.260 e. The zero-order chi connectivity index (χ0) is 7.28. The van der Waals surface area contributed by atoms with E-state index < -0.39 is 0 Å². The van der Waals surface area contributed by atoms with Gasteiger partial charge in [-0.05, 0) is 0 Å². The lowest BCUT2D eigenvalue weighted by atomic mass is 10.7. The molecule has 54 valence electrons. The predicted molar refractivity (Wildman–Crippen MR) is 33.7 cm³/mol. The quantitative estimate of drug-likeness (QED) is 0.512. The van der Waals surface area contributed by atoms with E-state index in [2.05, 4.69) is 10.2 Å². The van der Waals surface area contributed by atoms with Crippen LogP contribution < -0.4 is 5.43 Å². The number of hydrogen-bond donors (Lipinski definition) is 1. The molecule has 0 atom stereocenters. The third-order valence-electron chi connectivity index (χ3n) is 0.624. The van der Waals surface area contributed by atoms with Gasteiger partial charge in [-0.1, -0.05) is 0 Å². The summed E-state index contributed by atoms with van der Waals surface area (Å²) in [6.07, 6.45) is 0. The van der Waals surface area contributed by atoms with Gasteiger partial charge in [0.05, 0.1) is 0 Å². The van der Waals surface area contributed by atoms with Crippen molar-refractivity contribution in [2.75, 3.05) is 27.8 Å². The van der Waals surface area contributed by atoms with Crippen LogP contribution in [0.15, 0.2) is 0 Å². The number of nitrogens with zero attached hydrogens (tertiary/aromatic N) is 1. The summed E-state index contributed by atoms with van der Waals surface area (Å²) in [5.74, 6) is -0.137. The average Bonchev–Trinajstić information content (AvgIpc) is 1.63. The topological polar surface area (TPSA) is 41.6 Å². The summed E-state index contributed by atoms with van der Waals surface area (Å²) in [5, 5.41) is 1.57. The van der Waals surface area contributed by atoms with Crippen LogP contribution in [0.25, 0.3) is 0 Å². The lowest BCUT2D eigenvalue weighted by Crippen LogP contribution is -2.38. The molecule has 0 spiro atoms. The SMILES string of the molecule is COCC(=O)NN(C)C. The first-order chi connectivity index (χ1) is 4.16. The van der Waals surface area contributed by atoms with Gasteiger partial charge in [0.15, 0.2) is 0 Å². The molecular formula is C5H12N2O2. The van der Waals surface area contributed by atoms with Crippen molar-refractivity contribution in [2.24, 2.45) is 0 Å². The van der Waals surface area contributed by atoms with E-state index in [1.165, 1.54) is 7.11 Å². The summed E-state index contributed by atoms with van der Waals surface area (Å²) >= 11 is 0. The Morgan fingerprint density at radius 2 is 2.22 bits per heavy atom. The third-order valence-corrected chi connectivity index (χ3v) is 0.624. The lowest BCUT2D eigenvalue weighted by molar-refractivity contribution is -0.128. The molecule has 0 saturated carbocycles. The van der Waals surface area contributed by atoms with Gasteiger partial charge in [0.25, 0.3) is 5.91 Å². The minimum Gasteiger partial charge on any atom is -0.375 e. The molecule has 0 aromatic carbocycles. The van der Waals surface area contributed by atoms with E-state index in [0.717, 1.165) is 0 Å². The van der Waals surface area contributed by atoms with E-state index in [9.17, 15) is 4.79 Å². The Balaban J connectivity index is 3.27. The molecule has 4 heteroatoms. The van der Waals surface area contributed by atoms with Gasteiger partial charge < -0.3 is 4.74 Å². The molecular weight excluding hydrogens is 120 g/mol. The molecule has 0 aliphatic carbocycles.